The molecule has 0 saturated carbocycles. The molecule has 1 heterocycles. The van der Waals surface area contributed by atoms with Crippen LogP contribution in [0.1, 0.15) is 56.6 Å². The molecule has 0 aliphatic carbocycles. The third-order valence-corrected chi connectivity index (χ3v) is 6.17. The molecular weight excluding hydrogens is 390 g/mol. The molecule has 0 bridgehead atoms. The Morgan fingerprint density at radius 1 is 1.10 bits per heavy atom. The Hall–Kier alpha value is -3.02. The Morgan fingerprint density at radius 3 is 2.42 bits per heavy atom. The number of anilines is 3. The fraction of sp³-hybridized carbons (Fsp3) is 0.440. The molecule has 166 valence electrons. The van der Waals surface area contributed by atoms with E-state index in [4.69, 9.17) is 0 Å². The molecule has 6 heteroatoms. The molecule has 31 heavy (non-hydrogen) atoms. The summed E-state index contributed by atoms with van der Waals surface area (Å²) in [6.45, 7) is 8.11. The molecule has 2 amide bonds. The molecule has 1 saturated heterocycles. The van der Waals surface area contributed by atoms with E-state index in [2.05, 4.69) is 22.5 Å². The predicted octanol–water partition coefficient (Wildman–Crippen LogP) is 5.84. The quantitative estimate of drug-likeness (QED) is 0.522. The summed E-state index contributed by atoms with van der Waals surface area (Å²) in [5, 5.41) is 15.2. The number of hydrogen-bond donors (Lipinski definition) is 3. The second-order valence-electron chi connectivity index (χ2n) is 8.54. The number of nitrogens with one attached hydrogen (secondary N) is 2. The maximum Gasteiger partial charge on any atom is 0.323 e. The van der Waals surface area contributed by atoms with Crippen LogP contribution in [0.15, 0.2) is 42.5 Å². The van der Waals surface area contributed by atoms with Crippen LogP contribution < -0.4 is 15.5 Å². The van der Waals surface area contributed by atoms with Crippen molar-refractivity contribution in [2.75, 3.05) is 28.6 Å². The second kappa shape index (κ2) is 10.3. The molecule has 0 radical (unpaired) electrons. The topological polar surface area (TPSA) is 81.7 Å². The number of carboxylic acids is 1. The number of amides is 2. The molecule has 0 spiro atoms. The number of carbonyl (C=O) groups is 2. The van der Waals surface area contributed by atoms with E-state index in [1.54, 1.807) is 0 Å². The minimum absolute atomic E-state index is 0.0753. The maximum atomic E-state index is 12.8. The number of carboxylic acid groups (broad SMARTS) is 1. The Balaban J connectivity index is 1.87. The summed E-state index contributed by atoms with van der Waals surface area (Å²) in [6.07, 6.45) is 3.04. The minimum Gasteiger partial charge on any atom is -0.481 e. The highest BCUT2D eigenvalue weighted by Gasteiger charge is 2.22. The monoisotopic (exact) mass is 423 g/mol. The van der Waals surface area contributed by atoms with Gasteiger partial charge < -0.3 is 20.6 Å². The number of aliphatic carboxylic acids is 1. The highest BCUT2D eigenvalue weighted by molar-refractivity contribution is 6.02. The van der Waals surface area contributed by atoms with Gasteiger partial charge in [0.2, 0.25) is 0 Å². The zero-order chi connectivity index (χ0) is 22.4. The minimum atomic E-state index is -0.812. The largest absolute Gasteiger partial charge is 0.481 e. The van der Waals surface area contributed by atoms with Gasteiger partial charge in [-0.3, -0.25) is 4.79 Å². The summed E-state index contributed by atoms with van der Waals surface area (Å²) in [6, 6.07) is 13.3. The van der Waals surface area contributed by atoms with Crippen LogP contribution in [0, 0.1) is 12.8 Å². The van der Waals surface area contributed by atoms with Gasteiger partial charge in [-0.1, -0.05) is 38.1 Å². The SMILES string of the molecule is CCC(CC(=O)O)c1ccc(N2CCC(C)CC2)c(NC(=O)Nc2ccccc2C)c1. The summed E-state index contributed by atoms with van der Waals surface area (Å²) in [5.74, 6) is -0.197. The average molecular weight is 424 g/mol. The lowest BCUT2D eigenvalue weighted by atomic mass is 9.92. The van der Waals surface area contributed by atoms with Gasteiger partial charge in [0.1, 0.15) is 0 Å². The van der Waals surface area contributed by atoms with Gasteiger partial charge in [0.15, 0.2) is 0 Å². The third-order valence-electron chi connectivity index (χ3n) is 6.17. The first-order valence-electron chi connectivity index (χ1n) is 11.1. The van der Waals surface area contributed by atoms with Crippen LogP contribution in [-0.2, 0) is 4.79 Å². The zero-order valence-corrected chi connectivity index (χ0v) is 18.6. The van der Waals surface area contributed by atoms with Crippen molar-refractivity contribution < 1.29 is 14.7 Å². The molecule has 1 aliphatic rings. The van der Waals surface area contributed by atoms with Crippen molar-refractivity contribution in [3.05, 3.63) is 53.6 Å². The second-order valence-corrected chi connectivity index (χ2v) is 8.54. The normalized spacial score (nSPS) is 15.4. The van der Waals surface area contributed by atoms with Gasteiger partial charge in [-0.2, -0.15) is 0 Å². The van der Waals surface area contributed by atoms with Crippen molar-refractivity contribution in [3.63, 3.8) is 0 Å². The Labute approximate surface area is 184 Å². The molecule has 1 atom stereocenters. The van der Waals surface area contributed by atoms with Crippen LogP contribution in [-0.4, -0.2) is 30.2 Å². The smallest absolute Gasteiger partial charge is 0.323 e. The zero-order valence-electron chi connectivity index (χ0n) is 18.6. The highest BCUT2D eigenvalue weighted by atomic mass is 16.4. The van der Waals surface area contributed by atoms with Crippen molar-refractivity contribution in [3.8, 4) is 0 Å². The van der Waals surface area contributed by atoms with E-state index < -0.39 is 5.97 Å². The van der Waals surface area contributed by atoms with Gasteiger partial charge in [-0.05, 0) is 67.3 Å². The fourth-order valence-corrected chi connectivity index (χ4v) is 4.13. The van der Waals surface area contributed by atoms with Gasteiger partial charge in [-0.15, -0.1) is 0 Å². The van der Waals surface area contributed by atoms with E-state index in [1.807, 2.05) is 56.3 Å². The summed E-state index contributed by atoms with van der Waals surface area (Å²) < 4.78 is 0. The fourth-order valence-electron chi connectivity index (χ4n) is 4.13. The lowest BCUT2D eigenvalue weighted by Gasteiger charge is -2.34. The number of rotatable bonds is 7. The number of benzene rings is 2. The summed E-state index contributed by atoms with van der Waals surface area (Å²) in [5.41, 5.74) is 4.40. The lowest BCUT2D eigenvalue weighted by molar-refractivity contribution is -0.137. The van der Waals surface area contributed by atoms with Crippen molar-refractivity contribution >= 4 is 29.1 Å². The van der Waals surface area contributed by atoms with Gasteiger partial charge in [0.05, 0.1) is 17.8 Å². The van der Waals surface area contributed by atoms with Crippen LogP contribution in [0.4, 0.5) is 21.9 Å². The first kappa shape index (κ1) is 22.7. The number of para-hydroxylation sites is 1. The molecule has 6 nitrogen and oxygen atoms in total. The summed E-state index contributed by atoms with van der Waals surface area (Å²) >= 11 is 0. The van der Waals surface area contributed by atoms with Crippen LogP contribution in [0.5, 0.6) is 0 Å². The van der Waals surface area contributed by atoms with E-state index in [9.17, 15) is 14.7 Å². The van der Waals surface area contributed by atoms with E-state index >= 15 is 0 Å². The predicted molar refractivity (Wildman–Crippen MR) is 126 cm³/mol. The highest BCUT2D eigenvalue weighted by Crippen LogP contribution is 2.34. The molecule has 3 N–H and O–H groups in total. The van der Waals surface area contributed by atoms with E-state index in [1.165, 1.54) is 0 Å². The van der Waals surface area contributed by atoms with Gasteiger partial charge >= 0.3 is 12.0 Å². The Bertz CT molecular complexity index is 920. The number of piperidine rings is 1. The summed E-state index contributed by atoms with van der Waals surface area (Å²) in [7, 11) is 0. The van der Waals surface area contributed by atoms with Crippen molar-refractivity contribution in [1.29, 1.82) is 0 Å². The van der Waals surface area contributed by atoms with Crippen LogP contribution in [0.3, 0.4) is 0 Å². The van der Waals surface area contributed by atoms with Gasteiger partial charge in [0.25, 0.3) is 0 Å². The van der Waals surface area contributed by atoms with E-state index in [0.29, 0.717) is 5.92 Å². The van der Waals surface area contributed by atoms with E-state index in [-0.39, 0.29) is 18.4 Å². The van der Waals surface area contributed by atoms with Crippen LogP contribution >= 0.6 is 0 Å². The van der Waals surface area contributed by atoms with Gasteiger partial charge in [0, 0.05) is 18.8 Å². The molecule has 0 aromatic heterocycles. The first-order chi connectivity index (χ1) is 14.9. The Morgan fingerprint density at radius 2 is 1.77 bits per heavy atom. The molecule has 1 aliphatic heterocycles. The summed E-state index contributed by atoms with van der Waals surface area (Å²) in [4.78, 5) is 26.4. The molecule has 2 aromatic carbocycles. The molecular formula is C25H33N3O3. The van der Waals surface area contributed by atoms with Crippen molar-refractivity contribution in [1.82, 2.24) is 0 Å². The number of urea groups is 1. The maximum absolute atomic E-state index is 12.8. The molecule has 1 fully saturated rings. The Kier molecular flexibility index (Phi) is 7.55. The molecule has 3 rings (SSSR count). The first-order valence-corrected chi connectivity index (χ1v) is 11.1. The van der Waals surface area contributed by atoms with Crippen molar-refractivity contribution in [2.24, 2.45) is 5.92 Å². The number of hydrogen-bond acceptors (Lipinski definition) is 3. The van der Waals surface area contributed by atoms with Crippen LogP contribution in [0.25, 0.3) is 0 Å². The van der Waals surface area contributed by atoms with Crippen LogP contribution in [0.2, 0.25) is 0 Å². The lowest BCUT2D eigenvalue weighted by Crippen LogP contribution is -2.34. The van der Waals surface area contributed by atoms with Crippen molar-refractivity contribution in [2.45, 2.75) is 52.4 Å². The number of nitrogens with zero attached hydrogens (tertiary/aromatic N) is 1. The number of carbonyl (C=O) groups excluding carboxylic acids is 1. The van der Waals surface area contributed by atoms with E-state index in [0.717, 1.165) is 60.5 Å². The standard InChI is InChI=1S/C25H33N3O3/c1-4-19(16-24(29)30)20-9-10-23(28-13-11-17(2)12-14-28)22(15-20)27-25(31)26-21-8-6-5-7-18(21)3/h5-10,15,17,19H,4,11-14,16H2,1-3H3,(H,29,30)(H2,26,27,31). The number of aryl methyl sites for hydroxylation is 1. The third kappa shape index (κ3) is 6.00. The molecule has 1 unspecified atom stereocenters. The molecule has 2 aromatic rings. The average Bonchev–Trinajstić information content (AvgIpc) is 2.74. The van der Waals surface area contributed by atoms with Gasteiger partial charge in [-0.25, -0.2) is 4.79 Å².